The molecule has 3 N–H and O–H groups in total. The van der Waals surface area contributed by atoms with Crippen LogP contribution in [0.25, 0.3) is 0 Å². The number of aliphatic hydroxyl groups excluding tert-OH is 1. The van der Waals surface area contributed by atoms with E-state index >= 15 is 0 Å². The van der Waals surface area contributed by atoms with Crippen molar-refractivity contribution in [2.45, 2.75) is 42.7 Å². The molecule has 0 bridgehead atoms. The number of hydrogen-bond acceptors (Lipinski definition) is 4. The number of sulfonamides is 1. The highest BCUT2D eigenvalue weighted by Crippen LogP contribution is 2.23. The van der Waals surface area contributed by atoms with Gasteiger partial charge in [0.25, 0.3) is 0 Å². The molecule has 0 atom stereocenters. The number of aliphatic hydroxyl groups is 1. The zero-order chi connectivity index (χ0) is 15.6. The topological polar surface area (TPSA) is 104 Å². The number of aromatic carboxylic acids is 1. The molecule has 116 valence electrons. The van der Waals surface area contributed by atoms with Crippen LogP contribution in [0.5, 0.6) is 0 Å². The van der Waals surface area contributed by atoms with Crippen LogP contribution in [0.15, 0.2) is 27.6 Å². The Bertz CT molecular complexity index is 638. The summed E-state index contributed by atoms with van der Waals surface area (Å²) in [5.41, 5.74) is -0.100. The number of hydrogen-bond donors (Lipinski definition) is 3. The molecule has 0 heterocycles. The van der Waals surface area contributed by atoms with Gasteiger partial charge in [0.05, 0.1) is 16.6 Å². The number of halogens is 1. The number of rotatable bonds is 4. The Morgan fingerprint density at radius 3 is 2.43 bits per heavy atom. The molecule has 2 rings (SSSR count). The van der Waals surface area contributed by atoms with Crippen molar-refractivity contribution in [3.63, 3.8) is 0 Å². The van der Waals surface area contributed by atoms with Crippen LogP contribution in [0.4, 0.5) is 0 Å². The molecule has 1 aliphatic carbocycles. The number of carboxylic acids is 1. The van der Waals surface area contributed by atoms with Gasteiger partial charge in [0.2, 0.25) is 10.0 Å². The molecule has 0 aromatic heterocycles. The predicted molar refractivity (Wildman–Crippen MR) is 79.7 cm³/mol. The molecular weight excluding hydrogens is 362 g/mol. The Hall–Kier alpha value is -0.960. The van der Waals surface area contributed by atoms with E-state index in [2.05, 4.69) is 20.7 Å². The molecule has 0 amide bonds. The van der Waals surface area contributed by atoms with Crippen molar-refractivity contribution in [1.82, 2.24) is 4.72 Å². The van der Waals surface area contributed by atoms with Crippen LogP contribution in [-0.2, 0) is 10.0 Å². The lowest BCUT2D eigenvalue weighted by molar-refractivity contribution is 0.0695. The third-order valence-electron chi connectivity index (χ3n) is 3.50. The van der Waals surface area contributed by atoms with Crippen molar-refractivity contribution in [3.8, 4) is 0 Å². The molecule has 1 aromatic carbocycles. The normalized spacial score (nSPS) is 23.0. The quantitative estimate of drug-likeness (QED) is 0.740. The van der Waals surface area contributed by atoms with Gasteiger partial charge < -0.3 is 10.2 Å². The summed E-state index contributed by atoms with van der Waals surface area (Å²) in [6, 6.07) is 3.67. The van der Waals surface area contributed by atoms with E-state index in [-0.39, 0.29) is 22.6 Å². The zero-order valence-corrected chi connectivity index (χ0v) is 13.5. The summed E-state index contributed by atoms with van der Waals surface area (Å²) >= 11 is 3.08. The number of carboxylic acid groups (broad SMARTS) is 1. The van der Waals surface area contributed by atoms with Crippen molar-refractivity contribution >= 4 is 31.9 Å². The Kier molecular flexibility index (Phi) is 5.03. The van der Waals surface area contributed by atoms with Gasteiger partial charge in [-0.05, 0) is 59.8 Å². The van der Waals surface area contributed by atoms with Gasteiger partial charge in [-0.1, -0.05) is 0 Å². The van der Waals surface area contributed by atoms with Gasteiger partial charge in [0, 0.05) is 10.5 Å². The maximum Gasteiger partial charge on any atom is 0.336 e. The molecule has 1 saturated carbocycles. The summed E-state index contributed by atoms with van der Waals surface area (Å²) in [7, 11) is -3.77. The van der Waals surface area contributed by atoms with E-state index < -0.39 is 16.0 Å². The van der Waals surface area contributed by atoms with Gasteiger partial charge in [0.15, 0.2) is 0 Å². The molecule has 0 radical (unpaired) electrons. The van der Waals surface area contributed by atoms with Crippen LogP contribution >= 0.6 is 15.9 Å². The minimum absolute atomic E-state index is 0.0748. The van der Waals surface area contributed by atoms with Crippen LogP contribution in [0.2, 0.25) is 0 Å². The SMILES string of the molecule is O=C(O)c1cc(S(=O)(=O)NC2CCC(O)CC2)ccc1Br. The Morgan fingerprint density at radius 1 is 1.24 bits per heavy atom. The Labute approximate surface area is 131 Å². The third kappa shape index (κ3) is 4.03. The lowest BCUT2D eigenvalue weighted by atomic mass is 9.94. The molecule has 0 spiro atoms. The lowest BCUT2D eigenvalue weighted by Gasteiger charge is -2.26. The monoisotopic (exact) mass is 377 g/mol. The Morgan fingerprint density at radius 2 is 1.86 bits per heavy atom. The molecule has 6 nitrogen and oxygen atoms in total. The van der Waals surface area contributed by atoms with Crippen molar-refractivity contribution in [2.75, 3.05) is 0 Å². The summed E-state index contributed by atoms with van der Waals surface area (Å²) < 4.78 is 27.5. The summed E-state index contributed by atoms with van der Waals surface area (Å²) in [5, 5.41) is 18.5. The number of carbonyl (C=O) groups is 1. The first-order valence-corrected chi connectivity index (χ1v) is 8.80. The third-order valence-corrected chi connectivity index (χ3v) is 5.71. The van der Waals surface area contributed by atoms with E-state index in [0.29, 0.717) is 30.2 Å². The first-order valence-electron chi connectivity index (χ1n) is 6.53. The first-order chi connectivity index (χ1) is 9.79. The van der Waals surface area contributed by atoms with Gasteiger partial charge in [-0.15, -0.1) is 0 Å². The van der Waals surface area contributed by atoms with Crippen LogP contribution in [0.3, 0.4) is 0 Å². The van der Waals surface area contributed by atoms with Gasteiger partial charge in [0.1, 0.15) is 0 Å². The highest BCUT2D eigenvalue weighted by molar-refractivity contribution is 9.10. The van der Waals surface area contributed by atoms with Crippen LogP contribution in [0.1, 0.15) is 36.0 Å². The fraction of sp³-hybridized carbons (Fsp3) is 0.462. The van der Waals surface area contributed by atoms with Gasteiger partial charge in [-0.25, -0.2) is 17.9 Å². The summed E-state index contributed by atoms with van der Waals surface area (Å²) in [4.78, 5) is 11.0. The zero-order valence-electron chi connectivity index (χ0n) is 11.1. The van der Waals surface area contributed by atoms with Gasteiger partial charge in [-0.3, -0.25) is 0 Å². The summed E-state index contributed by atoms with van der Waals surface area (Å²) in [5.74, 6) is -1.19. The molecule has 8 heteroatoms. The van der Waals surface area contributed by atoms with Crippen molar-refractivity contribution in [1.29, 1.82) is 0 Å². The van der Waals surface area contributed by atoms with E-state index in [4.69, 9.17) is 5.11 Å². The maximum atomic E-state index is 12.3. The lowest BCUT2D eigenvalue weighted by Crippen LogP contribution is -2.38. The Balaban J connectivity index is 2.20. The van der Waals surface area contributed by atoms with Crippen LogP contribution in [0, 0.1) is 0 Å². The number of benzene rings is 1. The fourth-order valence-corrected chi connectivity index (χ4v) is 4.06. The second-order valence-corrected chi connectivity index (χ2v) is 7.64. The molecule has 0 saturated heterocycles. The molecule has 0 aliphatic heterocycles. The van der Waals surface area contributed by atoms with E-state index in [1.54, 1.807) is 0 Å². The first kappa shape index (κ1) is 16.4. The van der Waals surface area contributed by atoms with Crippen LogP contribution in [-0.4, -0.2) is 36.7 Å². The maximum absolute atomic E-state index is 12.3. The largest absolute Gasteiger partial charge is 0.478 e. The fourth-order valence-electron chi connectivity index (χ4n) is 2.32. The number of nitrogens with one attached hydrogen (secondary N) is 1. The smallest absolute Gasteiger partial charge is 0.336 e. The summed E-state index contributed by atoms with van der Waals surface area (Å²) in [6.45, 7) is 0. The average Bonchev–Trinajstić information content (AvgIpc) is 2.41. The molecule has 1 aliphatic rings. The van der Waals surface area contributed by atoms with Crippen molar-refractivity contribution < 1.29 is 23.4 Å². The highest BCUT2D eigenvalue weighted by atomic mass is 79.9. The predicted octanol–water partition coefficient (Wildman–Crippen LogP) is 1.73. The minimum Gasteiger partial charge on any atom is -0.478 e. The van der Waals surface area contributed by atoms with E-state index in [1.165, 1.54) is 12.1 Å². The molecule has 21 heavy (non-hydrogen) atoms. The average molecular weight is 378 g/mol. The molecule has 1 aromatic rings. The van der Waals surface area contributed by atoms with Crippen molar-refractivity contribution in [2.24, 2.45) is 0 Å². The second-order valence-electron chi connectivity index (χ2n) is 5.07. The molecular formula is C13H16BrNO5S. The van der Waals surface area contributed by atoms with E-state index in [1.807, 2.05) is 0 Å². The standard InChI is InChI=1S/C13H16BrNO5S/c14-12-6-5-10(7-11(12)13(17)18)21(19,20)15-8-1-3-9(16)4-2-8/h5-9,15-16H,1-4H2,(H,17,18). The van der Waals surface area contributed by atoms with E-state index in [0.717, 1.165) is 6.07 Å². The van der Waals surface area contributed by atoms with Gasteiger partial charge in [-0.2, -0.15) is 0 Å². The van der Waals surface area contributed by atoms with Gasteiger partial charge >= 0.3 is 5.97 Å². The van der Waals surface area contributed by atoms with Crippen molar-refractivity contribution in [3.05, 3.63) is 28.2 Å². The second kappa shape index (κ2) is 6.43. The van der Waals surface area contributed by atoms with E-state index in [9.17, 15) is 18.3 Å². The highest BCUT2D eigenvalue weighted by Gasteiger charge is 2.25. The molecule has 0 unspecified atom stereocenters. The molecule has 1 fully saturated rings. The van der Waals surface area contributed by atoms with Crippen LogP contribution < -0.4 is 4.72 Å². The minimum atomic E-state index is -3.77. The summed E-state index contributed by atoms with van der Waals surface area (Å²) in [6.07, 6.45) is 1.91.